The maximum absolute atomic E-state index is 13.3. The van der Waals surface area contributed by atoms with E-state index in [9.17, 15) is 33.9 Å². The highest BCUT2D eigenvalue weighted by Gasteiger charge is 2.32. The Balaban J connectivity index is 2.40. The van der Waals surface area contributed by atoms with Gasteiger partial charge in [-0.15, -0.1) is 0 Å². The number of fused-ring (bicyclic) bond motifs is 2. The zero-order valence-corrected chi connectivity index (χ0v) is 21.7. The van der Waals surface area contributed by atoms with Gasteiger partial charge in [0, 0.05) is 25.7 Å². The first-order chi connectivity index (χ1) is 18.4. The van der Waals surface area contributed by atoms with Crippen molar-refractivity contribution in [2.75, 3.05) is 20.1 Å². The normalized spacial score (nSPS) is 21.4. The number of carbonyl (C=O) groups excluding carboxylic acids is 5. The number of carboxylic acids is 1. The van der Waals surface area contributed by atoms with Gasteiger partial charge in [0.05, 0.1) is 6.54 Å². The van der Waals surface area contributed by atoms with E-state index in [1.54, 1.807) is 19.1 Å². The van der Waals surface area contributed by atoms with Crippen molar-refractivity contribution in [3.8, 4) is 0 Å². The molecule has 2 bridgehead atoms. The SMILES string of the molecule is CC[C@H]1NC(=O)c2cccc(c2)CNC(=O)[C@H](C(=O)O)NC(=O)CNC(=O)[C@H](CCCN=C(N)N)N(C)C1=O. The largest absolute Gasteiger partial charge is 0.479 e. The van der Waals surface area contributed by atoms with Crippen LogP contribution >= 0.6 is 0 Å². The average Bonchev–Trinajstić information content (AvgIpc) is 2.90. The number of aliphatic carboxylic acids is 1. The number of nitrogens with zero attached hydrogens (tertiary/aromatic N) is 2. The van der Waals surface area contributed by atoms with Gasteiger partial charge in [-0.1, -0.05) is 19.1 Å². The van der Waals surface area contributed by atoms with Gasteiger partial charge in [-0.25, -0.2) is 4.79 Å². The second-order valence-corrected chi connectivity index (χ2v) is 8.82. The molecule has 2 rings (SSSR count). The fourth-order valence-electron chi connectivity index (χ4n) is 3.82. The number of amides is 5. The Kier molecular flexibility index (Phi) is 11.2. The van der Waals surface area contributed by atoms with E-state index in [0.29, 0.717) is 12.0 Å². The first kappa shape index (κ1) is 30.5. The van der Waals surface area contributed by atoms with Gasteiger partial charge in [0.15, 0.2) is 5.96 Å². The average molecular weight is 547 g/mol. The van der Waals surface area contributed by atoms with Crippen molar-refractivity contribution in [2.45, 2.75) is 50.9 Å². The van der Waals surface area contributed by atoms with Crippen LogP contribution in [0.5, 0.6) is 0 Å². The standard InChI is InChI=1S/C24H34N8O7/c1-3-15-22(37)32(2)16(8-5-9-27-24(25)26)20(35)29-12-17(33)31-18(23(38)39)21(36)28-11-13-6-4-7-14(10-13)19(34)30-15/h4,6-7,10,15-16,18H,3,5,8-9,11-12H2,1-2H3,(H,28,36)(H,29,35)(H,30,34)(H,31,33)(H,38,39)(H4,25,26,27)/t15-,16+,18-/m1/s1. The minimum absolute atomic E-state index is 0.110. The van der Waals surface area contributed by atoms with Crippen LogP contribution in [0.25, 0.3) is 0 Å². The zero-order valence-electron chi connectivity index (χ0n) is 21.7. The summed E-state index contributed by atoms with van der Waals surface area (Å²) in [6.07, 6.45) is 0.641. The van der Waals surface area contributed by atoms with Gasteiger partial charge < -0.3 is 42.7 Å². The van der Waals surface area contributed by atoms with Crippen molar-refractivity contribution in [1.29, 1.82) is 0 Å². The summed E-state index contributed by atoms with van der Waals surface area (Å²) in [5.74, 6) is -5.47. The Morgan fingerprint density at radius 3 is 2.41 bits per heavy atom. The Morgan fingerprint density at radius 1 is 1.08 bits per heavy atom. The van der Waals surface area contributed by atoms with Crippen molar-refractivity contribution < 1.29 is 33.9 Å². The second kappa shape index (κ2) is 14.3. The van der Waals surface area contributed by atoms with Crippen LogP contribution in [0.15, 0.2) is 29.3 Å². The number of hydrogen-bond donors (Lipinski definition) is 7. The van der Waals surface area contributed by atoms with Gasteiger partial charge in [-0.2, -0.15) is 0 Å². The van der Waals surface area contributed by atoms with Crippen LogP contribution in [0.1, 0.15) is 42.1 Å². The van der Waals surface area contributed by atoms with Crippen molar-refractivity contribution in [2.24, 2.45) is 16.5 Å². The number of likely N-dealkylation sites (N-methyl/N-ethyl adjacent to an activating group) is 1. The molecule has 1 aromatic rings. The Bertz CT molecular complexity index is 1140. The molecule has 1 aromatic carbocycles. The van der Waals surface area contributed by atoms with Crippen LogP contribution < -0.4 is 32.7 Å². The quantitative estimate of drug-likeness (QED) is 0.0855. The molecule has 5 amide bonds. The van der Waals surface area contributed by atoms with E-state index >= 15 is 0 Å². The molecule has 15 nitrogen and oxygen atoms in total. The number of carboxylic acid groups (broad SMARTS) is 1. The van der Waals surface area contributed by atoms with Gasteiger partial charge in [0.1, 0.15) is 12.1 Å². The number of hydrogen-bond acceptors (Lipinski definition) is 7. The molecular weight excluding hydrogens is 512 g/mol. The van der Waals surface area contributed by atoms with Gasteiger partial charge in [0.25, 0.3) is 11.8 Å². The molecule has 39 heavy (non-hydrogen) atoms. The Labute approximate surface area is 224 Å². The Morgan fingerprint density at radius 2 is 1.77 bits per heavy atom. The monoisotopic (exact) mass is 546 g/mol. The van der Waals surface area contributed by atoms with Crippen LogP contribution in [-0.4, -0.2) is 89.7 Å². The molecule has 0 unspecified atom stereocenters. The second-order valence-electron chi connectivity index (χ2n) is 8.82. The minimum atomic E-state index is -1.93. The fraction of sp³-hybridized carbons (Fsp3) is 0.458. The van der Waals surface area contributed by atoms with E-state index in [4.69, 9.17) is 11.5 Å². The molecule has 0 aromatic heterocycles. The third-order valence-corrected chi connectivity index (χ3v) is 5.95. The van der Waals surface area contributed by atoms with Crippen LogP contribution in [-0.2, 0) is 30.5 Å². The molecule has 1 aliphatic rings. The third kappa shape index (κ3) is 8.98. The summed E-state index contributed by atoms with van der Waals surface area (Å²) in [7, 11) is 1.39. The minimum Gasteiger partial charge on any atom is -0.479 e. The predicted molar refractivity (Wildman–Crippen MR) is 139 cm³/mol. The van der Waals surface area contributed by atoms with Crippen molar-refractivity contribution >= 4 is 41.5 Å². The maximum Gasteiger partial charge on any atom is 0.336 e. The molecule has 0 radical (unpaired) electrons. The van der Waals surface area contributed by atoms with Crippen LogP contribution in [0.2, 0.25) is 0 Å². The zero-order chi connectivity index (χ0) is 29.1. The number of aliphatic imine (C=N–C) groups is 1. The summed E-state index contributed by atoms with van der Waals surface area (Å²) in [4.78, 5) is 80.8. The number of benzene rings is 1. The lowest BCUT2D eigenvalue weighted by molar-refractivity contribution is -0.146. The lowest BCUT2D eigenvalue weighted by Gasteiger charge is -2.30. The number of nitrogens with two attached hydrogens (primary N) is 2. The van der Waals surface area contributed by atoms with Crippen molar-refractivity contribution in [3.63, 3.8) is 0 Å². The molecule has 9 N–H and O–H groups in total. The highest BCUT2D eigenvalue weighted by molar-refractivity contribution is 6.04. The molecule has 3 atom stereocenters. The molecule has 15 heteroatoms. The molecule has 1 aliphatic heterocycles. The van der Waals surface area contributed by atoms with E-state index < -0.39 is 60.2 Å². The summed E-state index contributed by atoms with van der Waals surface area (Å²) in [6, 6.07) is 2.21. The summed E-state index contributed by atoms with van der Waals surface area (Å²) >= 11 is 0. The lowest BCUT2D eigenvalue weighted by Crippen LogP contribution is -2.56. The van der Waals surface area contributed by atoms with Gasteiger partial charge in [-0.05, 0) is 37.0 Å². The summed E-state index contributed by atoms with van der Waals surface area (Å²) in [5.41, 5.74) is 11.4. The third-order valence-electron chi connectivity index (χ3n) is 5.95. The summed E-state index contributed by atoms with van der Waals surface area (Å²) in [5, 5.41) is 18.9. The van der Waals surface area contributed by atoms with E-state index in [1.807, 2.05) is 0 Å². The number of guanidine groups is 1. The lowest BCUT2D eigenvalue weighted by atomic mass is 10.1. The van der Waals surface area contributed by atoms with Crippen LogP contribution in [0, 0.1) is 0 Å². The molecule has 0 fully saturated rings. The molecule has 0 spiro atoms. The molecule has 0 saturated heterocycles. The topological polar surface area (TPSA) is 238 Å². The van der Waals surface area contributed by atoms with Crippen molar-refractivity contribution in [3.05, 3.63) is 35.4 Å². The highest BCUT2D eigenvalue weighted by Crippen LogP contribution is 2.12. The van der Waals surface area contributed by atoms with E-state index in [1.165, 1.54) is 24.1 Å². The van der Waals surface area contributed by atoms with E-state index in [2.05, 4.69) is 26.3 Å². The predicted octanol–water partition coefficient (Wildman–Crippen LogP) is -2.61. The number of rotatable bonds is 6. The highest BCUT2D eigenvalue weighted by atomic mass is 16.4. The molecule has 0 aliphatic carbocycles. The van der Waals surface area contributed by atoms with Crippen LogP contribution in [0.3, 0.4) is 0 Å². The van der Waals surface area contributed by atoms with Crippen molar-refractivity contribution in [1.82, 2.24) is 26.2 Å². The smallest absolute Gasteiger partial charge is 0.336 e. The summed E-state index contributed by atoms with van der Waals surface area (Å²) < 4.78 is 0. The van der Waals surface area contributed by atoms with E-state index in [0.717, 1.165) is 0 Å². The van der Waals surface area contributed by atoms with Crippen LogP contribution in [0.4, 0.5) is 0 Å². The molecular formula is C24H34N8O7. The fourth-order valence-corrected chi connectivity index (χ4v) is 3.82. The van der Waals surface area contributed by atoms with Gasteiger partial charge in [-0.3, -0.25) is 29.0 Å². The molecule has 212 valence electrons. The maximum atomic E-state index is 13.3. The van der Waals surface area contributed by atoms with E-state index in [-0.39, 0.29) is 37.5 Å². The first-order valence-electron chi connectivity index (χ1n) is 12.2. The Hall–Kier alpha value is -4.69. The summed E-state index contributed by atoms with van der Waals surface area (Å²) in [6.45, 7) is 1.09. The van der Waals surface area contributed by atoms with Gasteiger partial charge >= 0.3 is 5.97 Å². The number of nitrogens with one attached hydrogen (secondary N) is 4. The van der Waals surface area contributed by atoms with Gasteiger partial charge in [0.2, 0.25) is 23.8 Å². The molecule has 1 heterocycles. The molecule has 0 saturated carbocycles. The number of carbonyl (C=O) groups is 6. The first-order valence-corrected chi connectivity index (χ1v) is 12.2.